The number of aromatic nitrogens is 2. The number of nitrogens with zero attached hydrogens (tertiary/aromatic N) is 2. The molecule has 3 N–H and O–H groups in total. The van der Waals surface area contributed by atoms with Gasteiger partial charge >= 0.3 is 5.92 Å². The second-order valence-electron chi connectivity index (χ2n) is 9.93. The Morgan fingerprint density at radius 2 is 1.88 bits per heavy atom. The molecule has 2 atom stereocenters. The van der Waals surface area contributed by atoms with Crippen molar-refractivity contribution in [2.45, 2.75) is 62.6 Å². The van der Waals surface area contributed by atoms with Crippen LogP contribution in [0.1, 0.15) is 61.6 Å². The predicted molar refractivity (Wildman–Crippen MR) is 117 cm³/mol. The van der Waals surface area contributed by atoms with Crippen LogP contribution in [0.4, 0.5) is 18.9 Å². The van der Waals surface area contributed by atoms with Crippen molar-refractivity contribution in [1.82, 2.24) is 9.55 Å². The van der Waals surface area contributed by atoms with Crippen molar-refractivity contribution in [2.75, 3.05) is 5.32 Å². The van der Waals surface area contributed by atoms with E-state index in [9.17, 15) is 28.2 Å². The number of imidazole rings is 1. The Balaban J connectivity index is 1.51. The van der Waals surface area contributed by atoms with E-state index in [1.807, 2.05) is 0 Å². The summed E-state index contributed by atoms with van der Waals surface area (Å²) >= 11 is 5.79. The molecule has 2 aromatic rings. The van der Waals surface area contributed by atoms with Gasteiger partial charge in [0.25, 0.3) is 5.91 Å². The van der Waals surface area contributed by atoms with Gasteiger partial charge < -0.3 is 20.1 Å². The Bertz CT molecular complexity index is 1070. The highest BCUT2D eigenvalue weighted by atomic mass is 35.5. The number of anilines is 1. The first kappa shape index (κ1) is 24.0. The smallest absolute Gasteiger partial charge is 0.303 e. The number of nitrogens with one attached hydrogen (secondary N) is 1. The van der Waals surface area contributed by atoms with Crippen molar-refractivity contribution in [3.63, 3.8) is 0 Å². The van der Waals surface area contributed by atoms with Crippen LogP contribution in [0.5, 0.6) is 0 Å². The van der Waals surface area contributed by atoms with Crippen LogP contribution in [0, 0.1) is 17.7 Å². The lowest BCUT2D eigenvalue weighted by atomic mass is 9.80. The minimum atomic E-state index is -3.65. The molecule has 1 amide bonds. The van der Waals surface area contributed by atoms with Crippen LogP contribution in [0.2, 0.25) is 5.02 Å². The summed E-state index contributed by atoms with van der Waals surface area (Å²) in [5.74, 6) is -5.13. The average molecular weight is 486 g/mol. The summed E-state index contributed by atoms with van der Waals surface area (Å²) in [6.07, 6.45) is 2.30. The number of fused-ring (bicyclic) bond motifs is 1. The third-order valence-corrected chi connectivity index (χ3v) is 7.43. The summed E-state index contributed by atoms with van der Waals surface area (Å²) in [4.78, 5) is 17.4. The van der Waals surface area contributed by atoms with Crippen molar-refractivity contribution in [3.05, 3.63) is 46.8 Å². The zero-order valence-corrected chi connectivity index (χ0v) is 19.3. The Morgan fingerprint density at radius 3 is 2.42 bits per heavy atom. The van der Waals surface area contributed by atoms with Gasteiger partial charge in [0.15, 0.2) is 0 Å². The molecule has 2 unspecified atom stereocenters. The van der Waals surface area contributed by atoms with Crippen molar-refractivity contribution in [1.29, 1.82) is 0 Å². The predicted octanol–water partition coefficient (Wildman–Crippen LogP) is 4.51. The van der Waals surface area contributed by atoms with E-state index >= 15 is 0 Å². The molecule has 0 aliphatic heterocycles. The van der Waals surface area contributed by atoms with Crippen LogP contribution in [0.25, 0.3) is 0 Å². The Labute approximate surface area is 194 Å². The first-order chi connectivity index (χ1) is 15.2. The number of rotatable bonds is 5. The third-order valence-electron chi connectivity index (χ3n) is 7.14. The van der Waals surface area contributed by atoms with Crippen molar-refractivity contribution in [2.24, 2.45) is 18.9 Å². The van der Waals surface area contributed by atoms with Crippen LogP contribution >= 0.6 is 11.6 Å². The second-order valence-corrected chi connectivity index (χ2v) is 10.3. The van der Waals surface area contributed by atoms with Gasteiger partial charge in [-0.2, -0.15) is 0 Å². The summed E-state index contributed by atoms with van der Waals surface area (Å²) in [6.45, 7) is 2.02. The average Bonchev–Trinajstić information content (AvgIpc) is 3.35. The number of aryl methyl sites for hydroxylation is 1. The zero-order valence-electron chi connectivity index (χ0n) is 18.6. The summed E-state index contributed by atoms with van der Waals surface area (Å²) in [5.41, 5.74) is -3.37. The van der Waals surface area contributed by atoms with E-state index in [1.165, 1.54) is 18.5 Å². The van der Waals surface area contributed by atoms with Crippen molar-refractivity contribution >= 4 is 23.2 Å². The molecule has 4 rings (SSSR count). The van der Waals surface area contributed by atoms with E-state index in [0.29, 0.717) is 29.9 Å². The Morgan fingerprint density at radius 1 is 1.27 bits per heavy atom. The lowest BCUT2D eigenvalue weighted by Crippen LogP contribution is -2.59. The molecular formula is C23H27ClF3N3O3. The number of benzene rings is 1. The third kappa shape index (κ3) is 4.04. The number of carbonyl (C=O) groups is 1. The van der Waals surface area contributed by atoms with Crippen LogP contribution in [-0.2, 0) is 7.05 Å². The molecule has 1 aromatic carbocycles. The molecule has 180 valence electrons. The minimum absolute atomic E-state index is 0.114. The van der Waals surface area contributed by atoms with Crippen LogP contribution in [-0.4, -0.2) is 42.8 Å². The zero-order chi connectivity index (χ0) is 24.3. The Kier molecular flexibility index (Phi) is 5.82. The fourth-order valence-corrected chi connectivity index (χ4v) is 5.68. The topological polar surface area (TPSA) is 87.4 Å². The molecule has 0 bridgehead atoms. The molecular weight excluding hydrogens is 459 g/mol. The molecule has 0 saturated heterocycles. The van der Waals surface area contributed by atoms with Gasteiger partial charge in [0.1, 0.15) is 22.7 Å². The molecule has 10 heteroatoms. The van der Waals surface area contributed by atoms with Gasteiger partial charge in [-0.1, -0.05) is 11.6 Å². The van der Waals surface area contributed by atoms with Gasteiger partial charge in [0, 0.05) is 18.7 Å². The molecule has 0 spiro atoms. The van der Waals surface area contributed by atoms with E-state index in [1.54, 1.807) is 11.6 Å². The van der Waals surface area contributed by atoms with E-state index in [4.69, 9.17) is 11.6 Å². The maximum atomic E-state index is 14.8. The highest BCUT2D eigenvalue weighted by Gasteiger charge is 2.66. The lowest BCUT2D eigenvalue weighted by Gasteiger charge is -2.40. The molecule has 1 aromatic heterocycles. The van der Waals surface area contributed by atoms with E-state index < -0.39 is 28.8 Å². The van der Waals surface area contributed by atoms with Gasteiger partial charge in [-0.25, -0.2) is 18.2 Å². The molecule has 0 radical (unpaired) electrons. The molecule has 2 aliphatic rings. The highest BCUT2D eigenvalue weighted by Crippen LogP contribution is 2.59. The Hall–Kier alpha value is -2.10. The van der Waals surface area contributed by atoms with Crippen LogP contribution in [0.15, 0.2) is 24.5 Å². The highest BCUT2D eigenvalue weighted by molar-refractivity contribution is 6.31. The number of hydrogen-bond donors (Lipinski definition) is 3. The number of alkyl halides is 2. The molecule has 2 saturated carbocycles. The van der Waals surface area contributed by atoms with E-state index in [0.717, 1.165) is 19.9 Å². The lowest BCUT2D eigenvalue weighted by molar-refractivity contribution is -0.262. The second kappa shape index (κ2) is 7.99. The molecule has 2 aliphatic carbocycles. The van der Waals surface area contributed by atoms with Crippen LogP contribution in [0.3, 0.4) is 0 Å². The van der Waals surface area contributed by atoms with E-state index in [-0.39, 0.29) is 35.6 Å². The SMILES string of the molecule is Cn1cnc(C2CC3CC(O)(C(F)(F)C(C)(C)O)CC3C2)c1C(=O)Nc1ccc(F)c(Cl)c1. The quantitative estimate of drug-likeness (QED) is 0.581. The number of halogens is 4. The van der Waals surface area contributed by atoms with Gasteiger partial charge in [0.2, 0.25) is 0 Å². The monoisotopic (exact) mass is 485 g/mol. The van der Waals surface area contributed by atoms with Crippen molar-refractivity contribution in [3.8, 4) is 0 Å². The van der Waals surface area contributed by atoms with Gasteiger partial charge in [0.05, 0.1) is 17.0 Å². The van der Waals surface area contributed by atoms with Gasteiger partial charge in [-0.05, 0) is 69.6 Å². The number of carbonyl (C=O) groups excluding carboxylic acids is 1. The maximum Gasteiger partial charge on any atom is 0.303 e. The summed E-state index contributed by atoms with van der Waals surface area (Å²) < 4.78 is 44.6. The molecule has 6 nitrogen and oxygen atoms in total. The van der Waals surface area contributed by atoms with Gasteiger partial charge in [-0.3, -0.25) is 4.79 Å². The molecule has 1 heterocycles. The summed E-state index contributed by atoms with van der Waals surface area (Å²) in [5, 5.41) is 23.2. The molecule has 33 heavy (non-hydrogen) atoms. The number of aliphatic hydroxyl groups is 2. The number of hydrogen-bond acceptors (Lipinski definition) is 4. The molecule has 2 fully saturated rings. The summed E-state index contributed by atoms with van der Waals surface area (Å²) in [6, 6.07) is 3.87. The standard InChI is InChI=1S/C23H27ClF3N3O3/c1-21(2,32)23(26,27)22(33)9-13-6-12(7-14(13)10-22)18-19(30(3)11-28-18)20(31)29-15-4-5-17(25)16(24)8-15/h4-5,8,11-14,32-33H,6-7,9-10H2,1-3H3,(H,29,31). The van der Waals surface area contributed by atoms with Gasteiger partial charge in [-0.15, -0.1) is 0 Å². The fraction of sp³-hybridized carbons (Fsp3) is 0.565. The van der Waals surface area contributed by atoms with Crippen molar-refractivity contribution < 1.29 is 28.2 Å². The number of amides is 1. The summed E-state index contributed by atoms with van der Waals surface area (Å²) in [7, 11) is 1.68. The largest absolute Gasteiger partial charge is 0.384 e. The normalized spacial score (nSPS) is 27.6. The first-order valence-electron chi connectivity index (χ1n) is 10.8. The van der Waals surface area contributed by atoms with E-state index in [2.05, 4.69) is 10.3 Å². The maximum absolute atomic E-state index is 14.8. The fourth-order valence-electron chi connectivity index (χ4n) is 5.50. The van der Waals surface area contributed by atoms with Crippen LogP contribution < -0.4 is 5.32 Å². The first-order valence-corrected chi connectivity index (χ1v) is 11.2. The minimum Gasteiger partial charge on any atom is -0.384 e.